The highest BCUT2D eigenvalue weighted by Crippen LogP contribution is 2.52. The van der Waals surface area contributed by atoms with Gasteiger partial charge < -0.3 is 20.1 Å². The van der Waals surface area contributed by atoms with Gasteiger partial charge in [-0.2, -0.15) is 0 Å². The highest BCUT2D eigenvalue weighted by molar-refractivity contribution is 5.67. The third kappa shape index (κ3) is 4.73. The van der Waals surface area contributed by atoms with Crippen LogP contribution in [0.4, 0.5) is 9.59 Å². The van der Waals surface area contributed by atoms with Gasteiger partial charge >= 0.3 is 12.2 Å². The lowest BCUT2D eigenvalue weighted by molar-refractivity contribution is 0.105. The van der Waals surface area contributed by atoms with Crippen LogP contribution in [0.2, 0.25) is 0 Å². The van der Waals surface area contributed by atoms with Gasteiger partial charge in [0.05, 0.1) is 13.2 Å². The van der Waals surface area contributed by atoms with Gasteiger partial charge in [0.25, 0.3) is 0 Å². The lowest BCUT2D eigenvalue weighted by Gasteiger charge is -2.30. The molecule has 6 aliphatic carbocycles. The van der Waals surface area contributed by atoms with Gasteiger partial charge in [0.2, 0.25) is 0 Å². The zero-order valence-electron chi connectivity index (χ0n) is 20.0. The highest BCUT2D eigenvalue weighted by Gasteiger charge is 2.46. The first kappa shape index (κ1) is 22.0. The van der Waals surface area contributed by atoms with Crippen LogP contribution >= 0.6 is 0 Å². The Labute approximate surface area is 198 Å². The van der Waals surface area contributed by atoms with Crippen molar-refractivity contribution in [1.29, 1.82) is 0 Å². The summed E-state index contributed by atoms with van der Waals surface area (Å²) in [7, 11) is 0. The third-order valence-corrected chi connectivity index (χ3v) is 10.7. The van der Waals surface area contributed by atoms with E-state index in [0.717, 1.165) is 29.6 Å². The van der Waals surface area contributed by atoms with Crippen molar-refractivity contribution in [2.24, 2.45) is 59.2 Å². The molecule has 0 radical (unpaired) electrons. The van der Waals surface area contributed by atoms with Crippen LogP contribution in [0.3, 0.4) is 0 Å². The second-order valence-electron chi connectivity index (χ2n) is 12.6. The molecule has 2 N–H and O–H groups in total. The van der Waals surface area contributed by atoms with Crippen molar-refractivity contribution < 1.29 is 19.1 Å². The van der Waals surface area contributed by atoms with Crippen molar-refractivity contribution in [2.45, 2.75) is 70.6 Å². The van der Waals surface area contributed by atoms with Gasteiger partial charge in [0.1, 0.15) is 0 Å². The van der Waals surface area contributed by atoms with E-state index in [1.165, 1.54) is 70.6 Å². The summed E-state index contributed by atoms with van der Waals surface area (Å²) in [6, 6.07) is 0. The predicted octanol–water partition coefficient (Wildman–Crippen LogP) is 4.97. The quantitative estimate of drug-likeness (QED) is 0.538. The fraction of sp³-hybridized carbons (Fsp3) is 0.926. The summed E-state index contributed by atoms with van der Waals surface area (Å²) in [5.74, 6) is 6.90. The van der Waals surface area contributed by atoms with E-state index in [0.29, 0.717) is 55.9 Å². The second kappa shape index (κ2) is 9.30. The van der Waals surface area contributed by atoms with E-state index in [9.17, 15) is 9.59 Å². The van der Waals surface area contributed by atoms with Crippen LogP contribution in [-0.2, 0) is 9.47 Å². The first-order chi connectivity index (χ1) is 16.1. The Morgan fingerprint density at radius 3 is 1.45 bits per heavy atom. The number of hydrogen-bond donors (Lipinski definition) is 2. The Morgan fingerprint density at radius 1 is 0.576 bits per heavy atom. The number of alkyl carbamates (subject to hydrolysis) is 2. The molecule has 2 amide bonds. The summed E-state index contributed by atoms with van der Waals surface area (Å²) in [4.78, 5) is 24.6. The minimum Gasteiger partial charge on any atom is -0.449 e. The fourth-order valence-corrected chi connectivity index (χ4v) is 9.18. The number of carbonyl (C=O) groups excluding carboxylic acids is 2. The molecule has 33 heavy (non-hydrogen) atoms. The normalized spacial score (nSPS) is 44.4. The second-order valence-corrected chi connectivity index (χ2v) is 12.6. The van der Waals surface area contributed by atoms with E-state index in [1.54, 1.807) is 0 Å². The summed E-state index contributed by atoms with van der Waals surface area (Å²) >= 11 is 0. The maximum atomic E-state index is 12.3. The van der Waals surface area contributed by atoms with Crippen LogP contribution in [0.25, 0.3) is 0 Å². The molecule has 6 rings (SSSR count). The van der Waals surface area contributed by atoms with E-state index in [2.05, 4.69) is 10.6 Å². The minimum atomic E-state index is -0.237. The number of hydrogen-bond acceptors (Lipinski definition) is 4. The Morgan fingerprint density at radius 2 is 1.06 bits per heavy atom. The lowest BCUT2D eigenvalue weighted by Crippen LogP contribution is -2.39. The summed E-state index contributed by atoms with van der Waals surface area (Å²) < 4.78 is 11.2. The van der Waals surface area contributed by atoms with Crippen molar-refractivity contribution in [3.63, 3.8) is 0 Å². The van der Waals surface area contributed by atoms with Gasteiger partial charge in [0.15, 0.2) is 0 Å². The van der Waals surface area contributed by atoms with Gasteiger partial charge in [-0.05, 0) is 117 Å². The van der Waals surface area contributed by atoms with Crippen molar-refractivity contribution >= 4 is 12.2 Å². The van der Waals surface area contributed by atoms with Crippen molar-refractivity contribution in [3.05, 3.63) is 0 Å². The molecule has 8 unspecified atom stereocenters. The zero-order chi connectivity index (χ0) is 22.4. The maximum absolute atomic E-state index is 12.3. The monoisotopic (exact) mass is 458 g/mol. The molecule has 0 heterocycles. The predicted molar refractivity (Wildman–Crippen MR) is 124 cm³/mol. The molecule has 0 aromatic carbocycles. The number of amides is 2. The topological polar surface area (TPSA) is 76.7 Å². The Bertz CT molecular complexity index is 686. The van der Waals surface area contributed by atoms with E-state index < -0.39 is 0 Å². The smallest absolute Gasteiger partial charge is 0.407 e. The zero-order valence-corrected chi connectivity index (χ0v) is 20.0. The number of fused-ring (bicyclic) bond motifs is 6. The molecule has 6 bridgehead atoms. The molecule has 6 heteroatoms. The summed E-state index contributed by atoms with van der Waals surface area (Å²) in [6.45, 7) is 2.62. The molecule has 6 nitrogen and oxygen atoms in total. The Hall–Kier alpha value is -1.46. The highest BCUT2D eigenvalue weighted by atomic mass is 16.6. The first-order valence-corrected chi connectivity index (χ1v) is 13.9. The van der Waals surface area contributed by atoms with E-state index in [-0.39, 0.29) is 12.2 Å². The SMILES string of the molecule is O=C(NCC1CC2CC(CNC(=O)OCC3CC4CCC3C4)C1C2)OCC1CC2CCC1C2. The molecular weight excluding hydrogens is 416 g/mol. The van der Waals surface area contributed by atoms with Gasteiger partial charge in [-0.15, -0.1) is 0 Å². The molecule has 0 aromatic rings. The molecule has 0 saturated heterocycles. The number of nitrogens with one attached hydrogen (secondary N) is 2. The van der Waals surface area contributed by atoms with Crippen LogP contribution in [0.1, 0.15) is 70.6 Å². The summed E-state index contributed by atoms with van der Waals surface area (Å²) in [6.07, 6.45) is 13.8. The molecule has 0 aliphatic heterocycles. The molecule has 184 valence electrons. The minimum absolute atomic E-state index is 0.237. The average molecular weight is 459 g/mol. The molecule has 8 atom stereocenters. The van der Waals surface area contributed by atoms with Crippen LogP contribution in [0.15, 0.2) is 0 Å². The van der Waals surface area contributed by atoms with Gasteiger partial charge in [-0.1, -0.05) is 12.8 Å². The van der Waals surface area contributed by atoms with Crippen molar-refractivity contribution in [2.75, 3.05) is 26.3 Å². The Kier molecular flexibility index (Phi) is 6.21. The Balaban J connectivity index is 0.880. The average Bonchev–Trinajstić information content (AvgIpc) is 3.65. The van der Waals surface area contributed by atoms with E-state index in [1.807, 2.05) is 0 Å². The van der Waals surface area contributed by atoms with Crippen LogP contribution in [0.5, 0.6) is 0 Å². The van der Waals surface area contributed by atoms with Crippen LogP contribution in [-0.4, -0.2) is 38.5 Å². The fourth-order valence-electron chi connectivity index (χ4n) is 9.18. The summed E-state index contributed by atoms with van der Waals surface area (Å²) in [5.41, 5.74) is 0. The standard InChI is InChI=1S/C27H42N2O4/c30-26(32-14-23-7-16-1-3-19(23)5-16)28-12-21-9-18-10-22(25(21)11-18)13-29-27(31)33-15-24-8-17-2-4-20(24)6-17/h16-25H,1-15H2,(H,28,30)(H,29,31). The van der Waals surface area contributed by atoms with Gasteiger partial charge in [0, 0.05) is 13.1 Å². The molecule has 6 fully saturated rings. The van der Waals surface area contributed by atoms with Gasteiger partial charge in [-0.3, -0.25) is 0 Å². The third-order valence-electron chi connectivity index (χ3n) is 10.7. The van der Waals surface area contributed by atoms with Crippen molar-refractivity contribution in [3.8, 4) is 0 Å². The molecule has 0 spiro atoms. The van der Waals surface area contributed by atoms with E-state index >= 15 is 0 Å². The van der Waals surface area contributed by atoms with Gasteiger partial charge in [-0.25, -0.2) is 9.59 Å². The molecule has 6 aliphatic rings. The molecule has 6 saturated carbocycles. The van der Waals surface area contributed by atoms with Crippen LogP contribution in [0, 0.1) is 59.2 Å². The summed E-state index contributed by atoms with van der Waals surface area (Å²) in [5, 5.41) is 6.11. The number of ether oxygens (including phenoxy) is 2. The first-order valence-electron chi connectivity index (χ1n) is 13.9. The van der Waals surface area contributed by atoms with Crippen LogP contribution < -0.4 is 10.6 Å². The lowest BCUT2D eigenvalue weighted by atomic mass is 9.80. The number of rotatable bonds is 8. The molecule has 0 aromatic heterocycles. The maximum Gasteiger partial charge on any atom is 0.407 e. The van der Waals surface area contributed by atoms with E-state index in [4.69, 9.17) is 9.47 Å². The molecular formula is C27H42N2O4. The van der Waals surface area contributed by atoms with Crippen molar-refractivity contribution in [1.82, 2.24) is 10.6 Å². The largest absolute Gasteiger partial charge is 0.449 e. The number of carbonyl (C=O) groups is 2.